The van der Waals surface area contributed by atoms with Gasteiger partial charge in [-0.1, -0.05) is 11.6 Å². The maximum atomic E-state index is 5.78. The van der Waals surface area contributed by atoms with Crippen LogP contribution < -0.4 is 5.32 Å². The highest BCUT2D eigenvalue weighted by atomic mass is 35.5. The maximum Gasteiger partial charge on any atom is 0.0961 e. The van der Waals surface area contributed by atoms with Crippen LogP contribution >= 0.6 is 23.4 Å². The molecule has 1 aromatic rings. The Kier molecular flexibility index (Phi) is 3.89. The highest BCUT2D eigenvalue weighted by molar-refractivity contribution is 7.99. The number of nitrogens with one attached hydrogen (secondary N) is 1. The number of pyridine rings is 1. The van der Waals surface area contributed by atoms with Crippen molar-refractivity contribution in [2.45, 2.75) is 23.9 Å². The van der Waals surface area contributed by atoms with E-state index in [-0.39, 0.29) is 0 Å². The summed E-state index contributed by atoms with van der Waals surface area (Å²) in [6, 6.07) is 4.50. The molecule has 0 aliphatic heterocycles. The van der Waals surface area contributed by atoms with E-state index in [9.17, 15) is 0 Å². The normalized spacial score (nSPS) is 17.7. The zero-order valence-corrected chi connectivity index (χ0v) is 10.3. The predicted octanol–water partition coefficient (Wildman–Crippen LogP) is 2.83. The summed E-state index contributed by atoms with van der Waals surface area (Å²) in [4.78, 5) is 4.27. The predicted molar refractivity (Wildman–Crippen MR) is 65.5 cm³/mol. The number of nitrogens with zero attached hydrogens (tertiary/aromatic N) is 1. The van der Waals surface area contributed by atoms with Crippen molar-refractivity contribution in [1.82, 2.24) is 10.3 Å². The fourth-order valence-corrected chi connectivity index (χ4v) is 2.77. The van der Waals surface area contributed by atoms with Gasteiger partial charge in [-0.15, -0.1) is 11.8 Å². The van der Waals surface area contributed by atoms with E-state index >= 15 is 0 Å². The van der Waals surface area contributed by atoms with Crippen LogP contribution in [-0.2, 0) is 0 Å². The molecular weight excluding hydrogens is 228 g/mol. The molecule has 82 valence electrons. The molecule has 15 heavy (non-hydrogen) atoms. The standard InChI is InChI=1S/C11H15ClN2S/c1-13-10(8-2-3-8)7-15-11-5-4-9(12)6-14-11/h4-6,8,10,13H,2-3,7H2,1H3. The van der Waals surface area contributed by atoms with Crippen molar-refractivity contribution < 1.29 is 0 Å². The molecule has 1 aliphatic carbocycles. The Bertz CT molecular complexity index is 311. The van der Waals surface area contributed by atoms with Crippen LogP contribution in [0.1, 0.15) is 12.8 Å². The molecule has 1 aliphatic rings. The van der Waals surface area contributed by atoms with E-state index in [4.69, 9.17) is 11.6 Å². The zero-order valence-electron chi connectivity index (χ0n) is 8.74. The monoisotopic (exact) mass is 242 g/mol. The second-order valence-corrected chi connectivity index (χ2v) is 5.33. The van der Waals surface area contributed by atoms with Crippen molar-refractivity contribution in [3.63, 3.8) is 0 Å². The van der Waals surface area contributed by atoms with E-state index in [0.717, 1.165) is 16.7 Å². The van der Waals surface area contributed by atoms with Crippen molar-refractivity contribution in [3.8, 4) is 0 Å². The molecule has 0 saturated heterocycles. The van der Waals surface area contributed by atoms with Gasteiger partial charge in [0, 0.05) is 18.0 Å². The van der Waals surface area contributed by atoms with E-state index in [1.807, 2.05) is 19.2 Å². The second kappa shape index (κ2) is 5.19. The first kappa shape index (κ1) is 11.2. The highest BCUT2D eigenvalue weighted by Gasteiger charge is 2.29. The molecule has 1 aromatic heterocycles. The fourth-order valence-electron chi connectivity index (χ4n) is 1.58. The van der Waals surface area contributed by atoms with Gasteiger partial charge in [0.1, 0.15) is 0 Å². The molecular formula is C11H15ClN2S. The van der Waals surface area contributed by atoms with Gasteiger partial charge in [0.05, 0.1) is 10.0 Å². The molecule has 2 rings (SSSR count). The van der Waals surface area contributed by atoms with Crippen LogP contribution in [0, 0.1) is 5.92 Å². The number of hydrogen-bond donors (Lipinski definition) is 1. The lowest BCUT2D eigenvalue weighted by Crippen LogP contribution is -2.29. The third-order valence-corrected chi connectivity index (χ3v) is 3.96. The Labute approximate surface area is 99.8 Å². The van der Waals surface area contributed by atoms with Crippen LogP contribution in [0.2, 0.25) is 5.02 Å². The molecule has 0 amide bonds. The largest absolute Gasteiger partial charge is 0.316 e. The summed E-state index contributed by atoms with van der Waals surface area (Å²) >= 11 is 7.58. The molecule has 1 saturated carbocycles. The van der Waals surface area contributed by atoms with Crippen LogP contribution in [0.5, 0.6) is 0 Å². The summed E-state index contributed by atoms with van der Waals surface area (Å²) in [7, 11) is 2.04. The Balaban J connectivity index is 1.83. The van der Waals surface area contributed by atoms with E-state index in [1.165, 1.54) is 12.8 Å². The molecule has 1 atom stereocenters. The third-order valence-electron chi connectivity index (χ3n) is 2.67. The molecule has 1 N–H and O–H groups in total. The SMILES string of the molecule is CNC(CSc1ccc(Cl)cn1)C1CC1. The summed E-state index contributed by atoms with van der Waals surface area (Å²) < 4.78 is 0. The van der Waals surface area contributed by atoms with Crippen LogP contribution in [0.15, 0.2) is 23.4 Å². The number of aromatic nitrogens is 1. The maximum absolute atomic E-state index is 5.78. The molecule has 2 nitrogen and oxygen atoms in total. The van der Waals surface area contributed by atoms with Gasteiger partial charge in [0.2, 0.25) is 0 Å². The highest BCUT2D eigenvalue weighted by Crippen LogP contribution is 2.34. The van der Waals surface area contributed by atoms with Gasteiger partial charge in [-0.2, -0.15) is 0 Å². The minimum absolute atomic E-state index is 0.632. The summed E-state index contributed by atoms with van der Waals surface area (Å²) in [5.41, 5.74) is 0. The number of thioether (sulfide) groups is 1. The molecule has 1 heterocycles. The quantitative estimate of drug-likeness (QED) is 0.804. The lowest BCUT2D eigenvalue weighted by atomic mass is 10.2. The second-order valence-electron chi connectivity index (χ2n) is 3.86. The smallest absolute Gasteiger partial charge is 0.0961 e. The Morgan fingerprint density at radius 1 is 1.60 bits per heavy atom. The molecule has 0 radical (unpaired) electrons. The van der Waals surface area contributed by atoms with Gasteiger partial charge in [0.15, 0.2) is 0 Å². The van der Waals surface area contributed by atoms with Crippen molar-refractivity contribution >= 4 is 23.4 Å². The van der Waals surface area contributed by atoms with Crippen LogP contribution in [0.3, 0.4) is 0 Å². The Morgan fingerprint density at radius 3 is 2.93 bits per heavy atom. The van der Waals surface area contributed by atoms with Gasteiger partial charge >= 0.3 is 0 Å². The topological polar surface area (TPSA) is 24.9 Å². The van der Waals surface area contributed by atoms with E-state index in [1.54, 1.807) is 18.0 Å². The Hall–Kier alpha value is -0.250. The van der Waals surface area contributed by atoms with E-state index in [0.29, 0.717) is 11.1 Å². The summed E-state index contributed by atoms with van der Waals surface area (Å²) in [5.74, 6) is 1.98. The molecule has 0 aromatic carbocycles. The molecule has 0 spiro atoms. The van der Waals surface area contributed by atoms with Crippen LogP contribution in [0.4, 0.5) is 0 Å². The van der Waals surface area contributed by atoms with Gasteiger partial charge < -0.3 is 5.32 Å². The first-order chi connectivity index (χ1) is 7.29. The average molecular weight is 243 g/mol. The molecule has 4 heteroatoms. The van der Waals surface area contributed by atoms with Crippen LogP contribution in [-0.4, -0.2) is 23.8 Å². The first-order valence-electron chi connectivity index (χ1n) is 5.21. The van der Waals surface area contributed by atoms with Crippen molar-refractivity contribution in [2.75, 3.05) is 12.8 Å². The van der Waals surface area contributed by atoms with Gasteiger partial charge in [0.25, 0.3) is 0 Å². The van der Waals surface area contributed by atoms with Crippen molar-refractivity contribution in [3.05, 3.63) is 23.4 Å². The van der Waals surface area contributed by atoms with Gasteiger partial charge in [-0.05, 0) is 37.9 Å². The summed E-state index contributed by atoms with van der Waals surface area (Å²) in [6.45, 7) is 0. The first-order valence-corrected chi connectivity index (χ1v) is 6.57. The van der Waals surface area contributed by atoms with E-state index in [2.05, 4.69) is 10.3 Å². The molecule has 0 bridgehead atoms. The van der Waals surface area contributed by atoms with E-state index < -0.39 is 0 Å². The van der Waals surface area contributed by atoms with Crippen molar-refractivity contribution in [2.24, 2.45) is 5.92 Å². The number of rotatable bonds is 5. The third kappa shape index (κ3) is 3.37. The van der Waals surface area contributed by atoms with Crippen LogP contribution in [0.25, 0.3) is 0 Å². The fraction of sp³-hybridized carbons (Fsp3) is 0.545. The number of hydrogen-bond acceptors (Lipinski definition) is 3. The van der Waals surface area contributed by atoms with Crippen molar-refractivity contribution in [1.29, 1.82) is 0 Å². The molecule has 1 fully saturated rings. The van der Waals surface area contributed by atoms with Gasteiger partial charge in [-0.25, -0.2) is 4.98 Å². The lowest BCUT2D eigenvalue weighted by molar-refractivity contribution is 0.553. The minimum Gasteiger partial charge on any atom is -0.316 e. The van der Waals surface area contributed by atoms with Gasteiger partial charge in [-0.3, -0.25) is 0 Å². The zero-order chi connectivity index (χ0) is 10.7. The average Bonchev–Trinajstić information content (AvgIpc) is 3.06. The Morgan fingerprint density at radius 2 is 2.40 bits per heavy atom. The number of halogens is 1. The molecule has 1 unspecified atom stereocenters. The lowest BCUT2D eigenvalue weighted by Gasteiger charge is -2.13. The minimum atomic E-state index is 0.632. The summed E-state index contributed by atoms with van der Waals surface area (Å²) in [6.07, 6.45) is 4.45. The summed E-state index contributed by atoms with van der Waals surface area (Å²) in [5, 5.41) is 5.13.